The largest absolute Gasteiger partial charge is 0.477 e. The Balaban J connectivity index is 2.28. The minimum absolute atomic E-state index is 0.122. The average Bonchev–Trinajstić information content (AvgIpc) is 2.81. The van der Waals surface area contributed by atoms with Crippen molar-refractivity contribution in [3.05, 3.63) is 27.9 Å². The van der Waals surface area contributed by atoms with Gasteiger partial charge in [-0.1, -0.05) is 0 Å². The summed E-state index contributed by atoms with van der Waals surface area (Å²) in [5, 5.41) is 19.5. The van der Waals surface area contributed by atoms with Crippen molar-refractivity contribution in [2.24, 2.45) is 0 Å². The number of hydrogen-bond donors (Lipinski definition) is 1. The highest BCUT2D eigenvalue weighted by atomic mass is 16.6. The van der Waals surface area contributed by atoms with Gasteiger partial charge < -0.3 is 14.6 Å². The number of nitrogens with zero attached hydrogens (tertiary/aromatic N) is 2. The van der Waals surface area contributed by atoms with Crippen LogP contribution in [0, 0.1) is 10.1 Å². The Labute approximate surface area is 101 Å². The monoisotopic (exact) mass is 254 g/mol. The summed E-state index contributed by atoms with van der Waals surface area (Å²) in [6.45, 7) is 0.901. The van der Waals surface area contributed by atoms with Crippen LogP contribution < -0.4 is 4.74 Å². The van der Waals surface area contributed by atoms with Gasteiger partial charge in [-0.2, -0.15) is 0 Å². The summed E-state index contributed by atoms with van der Waals surface area (Å²) in [7, 11) is 0. The highest BCUT2D eigenvalue weighted by Crippen LogP contribution is 2.23. The van der Waals surface area contributed by atoms with Gasteiger partial charge in [0.1, 0.15) is 17.9 Å². The molecule has 0 amide bonds. The van der Waals surface area contributed by atoms with Crippen molar-refractivity contribution in [3.8, 4) is 5.88 Å². The third-order valence-corrected chi connectivity index (χ3v) is 2.44. The Kier molecular flexibility index (Phi) is 3.38. The van der Waals surface area contributed by atoms with E-state index in [4.69, 9.17) is 14.6 Å². The van der Waals surface area contributed by atoms with Crippen LogP contribution in [0.1, 0.15) is 16.8 Å². The van der Waals surface area contributed by atoms with Crippen molar-refractivity contribution in [1.82, 2.24) is 4.98 Å². The Morgan fingerprint density at radius 1 is 1.67 bits per heavy atom. The molecule has 1 aliphatic heterocycles. The molecule has 1 aliphatic rings. The molecule has 2 rings (SSSR count). The van der Waals surface area contributed by atoms with Crippen molar-refractivity contribution in [2.45, 2.75) is 12.5 Å². The number of carboxylic acid groups (broad SMARTS) is 1. The van der Waals surface area contributed by atoms with Crippen LogP contribution in [0.25, 0.3) is 0 Å². The van der Waals surface area contributed by atoms with Crippen LogP contribution in [0.3, 0.4) is 0 Å². The van der Waals surface area contributed by atoms with Gasteiger partial charge in [0.05, 0.1) is 18.1 Å². The molecule has 8 heteroatoms. The van der Waals surface area contributed by atoms with Crippen molar-refractivity contribution in [2.75, 3.05) is 13.2 Å². The van der Waals surface area contributed by atoms with Gasteiger partial charge in [0, 0.05) is 12.5 Å². The van der Waals surface area contributed by atoms with Gasteiger partial charge in [0.15, 0.2) is 0 Å². The molecule has 0 bridgehead atoms. The predicted molar refractivity (Wildman–Crippen MR) is 57.7 cm³/mol. The van der Waals surface area contributed by atoms with Gasteiger partial charge in [0.2, 0.25) is 5.88 Å². The van der Waals surface area contributed by atoms with Crippen LogP contribution >= 0.6 is 0 Å². The molecule has 96 valence electrons. The molecule has 0 spiro atoms. The number of nitro groups is 1. The van der Waals surface area contributed by atoms with Gasteiger partial charge in [-0.05, 0) is 0 Å². The van der Waals surface area contributed by atoms with E-state index in [0.29, 0.717) is 19.6 Å². The van der Waals surface area contributed by atoms with Crippen LogP contribution in [-0.2, 0) is 4.74 Å². The van der Waals surface area contributed by atoms with E-state index >= 15 is 0 Å². The molecule has 0 radical (unpaired) electrons. The second kappa shape index (κ2) is 4.96. The molecule has 1 saturated heterocycles. The summed E-state index contributed by atoms with van der Waals surface area (Å²) >= 11 is 0. The fourth-order valence-electron chi connectivity index (χ4n) is 1.55. The molecule has 1 fully saturated rings. The summed E-state index contributed by atoms with van der Waals surface area (Å²) in [6.07, 6.45) is 1.34. The zero-order chi connectivity index (χ0) is 13.1. The molecule has 8 nitrogen and oxygen atoms in total. The number of hydrogen-bond acceptors (Lipinski definition) is 6. The number of carboxylic acids is 1. The lowest BCUT2D eigenvalue weighted by atomic mass is 10.2. The molecular weight excluding hydrogens is 244 g/mol. The van der Waals surface area contributed by atoms with E-state index in [1.165, 1.54) is 0 Å². The standard InChI is InChI=1S/C10H10N2O6/c13-10(14)8-3-6(12(15)16)4-11-9(8)18-7-1-2-17-5-7/h3-4,7H,1-2,5H2,(H,13,14). The predicted octanol–water partition coefficient (Wildman–Crippen LogP) is 0.856. The lowest BCUT2D eigenvalue weighted by molar-refractivity contribution is -0.385. The van der Waals surface area contributed by atoms with E-state index in [1.807, 2.05) is 0 Å². The minimum atomic E-state index is -1.32. The molecule has 1 atom stereocenters. The summed E-state index contributed by atoms with van der Waals surface area (Å²) in [4.78, 5) is 24.5. The van der Waals surface area contributed by atoms with E-state index in [2.05, 4.69) is 4.98 Å². The second-order valence-corrected chi connectivity index (χ2v) is 3.71. The quantitative estimate of drug-likeness (QED) is 0.626. The number of aromatic carboxylic acids is 1. The van der Waals surface area contributed by atoms with E-state index in [0.717, 1.165) is 12.3 Å². The average molecular weight is 254 g/mol. The molecule has 1 aromatic rings. The van der Waals surface area contributed by atoms with Crippen molar-refractivity contribution >= 4 is 11.7 Å². The highest BCUT2D eigenvalue weighted by molar-refractivity contribution is 5.90. The number of pyridine rings is 1. The molecule has 0 saturated carbocycles. The summed E-state index contributed by atoms with van der Waals surface area (Å²) in [5.74, 6) is -1.44. The van der Waals surface area contributed by atoms with Gasteiger partial charge in [-0.3, -0.25) is 10.1 Å². The Morgan fingerprint density at radius 2 is 2.44 bits per heavy atom. The maximum absolute atomic E-state index is 11.0. The normalized spacial score (nSPS) is 18.6. The van der Waals surface area contributed by atoms with Gasteiger partial charge in [-0.25, -0.2) is 9.78 Å². The first-order valence-electron chi connectivity index (χ1n) is 5.20. The Morgan fingerprint density at radius 3 is 3.00 bits per heavy atom. The molecule has 0 aliphatic carbocycles. The summed E-state index contributed by atoms with van der Waals surface area (Å²) in [6, 6.07) is 0.931. The Hall–Kier alpha value is -2.22. The third kappa shape index (κ3) is 2.54. The van der Waals surface area contributed by atoms with Crippen LogP contribution in [0.2, 0.25) is 0 Å². The fourth-order valence-corrected chi connectivity index (χ4v) is 1.55. The van der Waals surface area contributed by atoms with E-state index in [1.54, 1.807) is 0 Å². The molecule has 1 unspecified atom stereocenters. The first-order valence-corrected chi connectivity index (χ1v) is 5.20. The van der Waals surface area contributed by atoms with E-state index in [-0.39, 0.29) is 23.2 Å². The van der Waals surface area contributed by atoms with Gasteiger partial charge in [-0.15, -0.1) is 0 Å². The number of rotatable bonds is 4. The highest BCUT2D eigenvalue weighted by Gasteiger charge is 2.23. The molecular formula is C10H10N2O6. The van der Waals surface area contributed by atoms with Gasteiger partial charge >= 0.3 is 5.97 Å². The fraction of sp³-hybridized carbons (Fsp3) is 0.400. The maximum Gasteiger partial charge on any atom is 0.341 e. The molecule has 0 aromatic carbocycles. The summed E-state index contributed by atoms with van der Waals surface area (Å²) in [5.41, 5.74) is -0.710. The summed E-state index contributed by atoms with van der Waals surface area (Å²) < 4.78 is 10.4. The van der Waals surface area contributed by atoms with Crippen LogP contribution in [0.15, 0.2) is 12.3 Å². The molecule has 1 aromatic heterocycles. The van der Waals surface area contributed by atoms with Crippen molar-refractivity contribution in [3.63, 3.8) is 0 Å². The SMILES string of the molecule is O=C(O)c1cc([N+](=O)[O-])cnc1OC1CCOC1. The van der Waals surface area contributed by atoms with Crippen molar-refractivity contribution in [1.29, 1.82) is 0 Å². The second-order valence-electron chi connectivity index (χ2n) is 3.71. The topological polar surface area (TPSA) is 112 Å². The van der Waals surface area contributed by atoms with Gasteiger partial charge in [0.25, 0.3) is 5.69 Å². The first-order chi connectivity index (χ1) is 8.58. The number of aromatic nitrogens is 1. The number of ether oxygens (including phenoxy) is 2. The first kappa shape index (κ1) is 12.2. The smallest absolute Gasteiger partial charge is 0.341 e. The lowest BCUT2D eigenvalue weighted by Gasteiger charge is -2.12. The zero-order valence-electron chi connectivity index (χ0n) is 9.24. The van der Waals surface area contributed by atoms with E-state index < -0.39 is 10.9 Å². The molecule has 2 heterocycles. The third-order valence-electron chi connectivity index (χ3n) is 2.44. The number of carbonyl (C=O) groups is 1. The minimum Gasteiger partial charge on any atom is -0.477 e. The van der Waals surface area contributed by atoms with E-state index in [9.17, 15) is 14.9 Å². The molecule has 1 N–H and O–H groups in total. The molecule has 18 heavy (non-hydrogen) atoms. The van der Waals surface area contributed by atoms with Crippen LogP contribution in [-0.4, -0.2) is 40.3 Å². The zero-order valence-corrected chi connectivity index (χ0v) is 9.24. The van der Waals surface area contributed by atoms with Crippen molar-refractivity contribution < 1.29 is 24.3 Å². The lowest BCUT2D eigenvalue weighted by Crippen LogP contribution is -2.18. The maximum atomic E-state index is 11.0. The Bertz CT molecular complexity index is 483. The van der Waals surface area contributed by atoms with Crippen LogP contribution in [0.4, 0.5) is 5.69 Å². The van der Waals surface area contributed by atoms with Crippen LogP contribution in [0.5, 0.6) is 5.88 Å².